The standard InChI is InChI=1S/C23H22N4O4/c1-31-20-7-4-6-19(25-20)23(15-24)8-11-26(12-9-23)14-16-13-17(22(29)30)21(28)27-10-3-2-5-18(16)27/h2-7,10,13H,8-9,11-12,14H2,1H3,(H,29,30). The molecule has 4 heterocycles. The van der Waals surface area contributed by atoms with Crippen LogP contribution in [0.3, 0.4) is 0 Å². The summed E-state index contributed by atoms with van der Waals surface area (Å²) in [5.74, 6) is -0.757. The molecule has 158 valence electrons. The first kappa shape index (κ1) is 20.6. The molecule has 1 saturated heterocycles. The summed E-state index contributed by atoms with van der Waals surface area (Å²) in [6, 6.07) is 14.7. The Morgan fingerprint density at radius 2 is 2.03 bits per heavy atom. The number of methoxy groups -OCH3 is 1. The molecule has 1 aliphatic rings. The van der Waals surface area contributed by atoms with Crippen molar-refractivity contribution < 1.29 is 14.6 Å². The van der Waals surface area contributed by atoms with Crippen molar-refractivity contribution in [1.82, 2.24) is 14.3 Å². The Hall–Kier alpha value is -3.70. The highest BCUT2D eigenvalue weighted by atomic mass is 16.5. The van der Waals surface area contributed by atoms with Gasteiger partial charge in [-0.15, -0.1) is 0 Å². The van der Waals surface area contributed by atoms with Crippen molar-refractivity contribution in [3.8, 4) is 11.9 Å². The van der Waals surface area contributed by atoms with Crippen LogP contribution in [0.25, 0.3) is 5.52 Å². The van der Waals surface area contributed by atoms with Gasteiger partial charge in [-0.1, -0.05) is 12.1 Å². The normalized spacial score (nSPS) is 16.0. The lowest BCUT2D eigenvalue weighted by Crippen LogP contribution is -2.42. The Morgan fingerprint density at radius 3 is 2.71 bits per heavy atom. The molecule has 0 spiro atoms. The third kappa shape index (κ3) is 3.76. The SMILES string of the molecule is COc1cccc(C2(C#N)CCN(Cc3cc(C(=O)O)c(=O)n4ccccc34)CC2)n1. The maximum atomic E-state index is 12.5. The molecule has 4 rings (SSSR count). The highest BCUT2D eigenvalue weighted by Crippen LogP contribution is 2.35. The van der Waals surface area contributed by atoms with Gasteiger partial charge < -0.3 is 9.84 Å². The molecule has 1 aliphatic heterocycles. The summed E-state index contributed by atoms with van der Waals surface area (Å²) in [5.41, 5.74) is 0.678. The molecule has 1 N–H and O–H groups in total. The van der Waals surface area contributed by atoms with Crippen LogP contribution in [0.15, 0.2) is 53.5 Å². The number of hydrogen-bond acceptors (Lipinski definition) is 6. The number of carbonyl (C=O) groups is 1. The molecule has 0 aromatic carbocycles. The summed E-state index contributed by atoms with van der Waals surface area (Å²) in [6.07, 6.45) is 2.78. The number of nitriles is 1. The van der Waals surface area contributed by atoms with Crippen molar-refractivity contribution in [3.63, 3.8) is 0 Å². The first-order chi connectivity index (χ1) is 15.0. The average molecular weight is 418 g/mol. The maximum absolute atomic E-state index is 12.5. The molecule has 0 amide bonds. The van der Waals surface area contributed by atoms with Crippen LogP contribution in [-0.4, -0.2) is 45.6 Å². The summed E-state index contributed by atoms with van der Waals surface area (Å²) >= 11 is 0. The highest BCUT2D eigenvalue weighted by Gasteiger charge is 2.38. The largest absolute Gasteiger partial charge is 0.481 e. The smallest absolute Gasteiger partial charge is 0.341 e. The van der Waals surface area contributed by atoms with E-state index in [1.54, 1.807) is 25.4 Å². The number of carboxylic acids is 1. The minimum Gasteiger partial charge on any atom is -0.481 e. The van der Waals surface area contributed by atoms with Crippen molar-refractivity contribution >= 4 is 11.5 Å². The van der Waals surface area contributed by atoms with Gasteiger partial charge in [0, 0.05) is 31.9 Å². The molecule has 31 heavy (non-hydrogen) atoms. The lowest BCUT2D eigenvalue weighted by Gasteiger charge is -2.37. The van der Waals surface area contributed by atoms with Gasteiger partial charge in [0.1, 0.15) is 11.0 Å². The number of rotatable bonds is 5. The molecule has 0 radical (unpaired) electrons. The Balaban J connectivity index is 1.60. The van der Waals surface area contributed by atoms with Gasteiger partial charge in [-0.25, -0.2) is 9.78 Å². The first-order valence-electron chi connectivity index (χ1n) is 9.99. The lowest BCUT2D eigenvalue weighted by molar-refractivity contribution is 0.0694. The van der Waals surface area contributed by atoms with Crippen LogP contribution in [0.5, 0.6) is 5.88 Å². The van der Waals surface area contributed by atoms with E-state index in [1.807, 2.05) is 24.3 Å². The van der Waals surface area contributed by atoms with Gasteiger partial charge in [-0.05, 0) is 42.7 Å². The van der Waals surface area contributed by atoms with Gasteiger partial charge in [-0.3, -0.25) is 14.1 Å². The Bertz CT molecular complexity index is 1240. The summed E-state index contributed by atoms with van der Waals surface area (Å²) < 4.78 is 6.59. The molecule has 0 bridgehead atoms. The third-order valence-corrected chi connectivity index (χ3v) is 5.93. The van der Waals surface area contributed by atoms with E-state index < -0.39 is 16.9 Å². The lowest BCUT2D eigenvalue weighted by atomic mass is 9.76. The molecule has 0 unspecified atom stereocenters. The molecule has 3 aromatic rings. The van der Waals surface area contributed by atoms with E-state index in [1.165, 1.54) is 10.5 Å². The maximum Gasteiger partial charge on any atom is 0.341 e. The molecular weight excluding hydrogens is 396 g/mol. The van der Waals surface area contributed by atoms with E-state index in [-0.39, 0.29) is 5.56 Å². The zero-order valence-electron chi connectivity index (χ0n) is 17.1. The number of aromatic carboxylic acids is 1. The fourth-order valence-corrected chi connectivity index (χ4v) is 4.16. The Morgan fingerprint density at radius 1 is 1.26 bits per heavy atom. The molecule has 1 fully saturated rings. The van der Waals surface area contributed by atoms with Crippen LogP contribution in [0, 0.1) is 11.3 Å². The van der Waals surface area contributed by atoms with Crippen molar-refractivity contribution in [2.24, 2.45) is 0 Å². The molecule has 8 nitrogen and oxygen atoms in total. The van der Waals surface area contributed by atoms with Crippen molar-refractivity contribution in [2.45, 2.75) is 24.8 Å². The highest BCUT2D eigenvalue weighted by molar-refractivity contribution is 5.88. The summed E-state index contributed by atoms with van der Waals surface area (Å²) in [5, 5.41) is 19.4. The van der Waals surface area contributed by atoms with Crippen LogP contribution >= 0.6 is 0 Å². The van der Waals surface area contributed by atoms with E-state index in [4.69, 9.17) is 4.74 Å². The van der Waals surface area contributed by atoms with Gasteiger partial charge in [0.05, 0.1) is 24.4 Å². The van der Waals surface area contributed by atoms with E-state index in [9.17, 15) is 20.0 Å². The number of likely N-dealkylation sites (tertiary alicyclic amines) is 1. The van der Waals surface area contributed by atoms with Crippen LogP contribution < -0.4 is 10.3 Å². The van der Waals surface area contributed by atoms with Crippen molar-refractivity contribution in [2.75, 3.05) is 20.2 Å². The molecule has 3 aromatic heterocycles. The van der Waals surface area contributed by atoms with E-state index in [0.717, 1.165) is 5.56 Å². The second kappa shape index (κ2) is 8.20. The summed E-state index contributed by atoms with van der Waals surface area (Å²) in [6.45, 7) is 1.78. The van der Waals surface area contributed by atoms with Crippen molar-refractivity contribution in [1.29, 1.82) is 5.26 Å². The Kier molecular flexibility index (Phi) is 5.44. The monoisotopic (exact) mass is 418 g/mol. The molecule has 0 saturated carbocycles. The number of hydrogen-bond donors (Lipinski definition) is 1. The molecular formula is C23H22N4O4. The van der Waals surface area contributed by atoms with Crippen LogP contribution in [0.4, 0.5) is 0 Å². The average Bonchev–Trinajstić information content (AvgIpc) is 2.81. The topological polar surface area (TPSA) is 108 Å². The summed E-state index contributed by atoms with van der Waals surface area (Å²) in [7, 11) is 1.55. The predicted octanol–water partition coefficient (Wildman–Crippen LogP) is 2.46. The van der Waals surface area contributed by atoms with Gasteiger partial charge in [0.2, 0.25) is 5.88 Å². The van der Waals surface area contributed by atoms with E-state index in [2.05, 4.69) is 16.0 Å². The minimum absolute atomic E-state index is 0.248. The Labute approximate surface area is 178 Å². The molecule has 0 atom stereocenters. The van der Waals surface area contributed by atoms with Gasteiger partial charge in [0.15, 0.2) is 0 Å². The first-order valence-corrected chi connectivity index (χ1v) is 9.99. The number of fused-ring (bicyclic) bond motifs is 1. The number of ether oxygens (including phenoxy) is 1. The van der Waals surface area contributed by atoms with Gasteiger partial charge in [0.25, 0.3) is 5.56 Å². The second-order valence-corrected chi connectivity index (χ2v) is 7.68. The van der Waals surface area contributed by atoms with Crippen LogP contribution in [0.1, 0.15) is 34.5 Å². The number of pyridine rings is 3. The van der Waals surface area contributed by atoms with Crippen LogP contribution in [-0.2, 0) is 12.0 Å². The second-order valence-electron chi connectivity index (χ2n) is 7.68. The van der Waals surface area contributed by atoms with E-state index in [0.29, 0.717) is 49.6 Å². The number of nitrogens with zero attached hydrogens (tertiary/aromatic N) is 4. The predicted molar refractivity (Wildman–Crippen MR) is 113 cm³/mol. The number of aromatic nitrogens is 2. The van der Waals surface area contributed by atoms with Gasteiger partial charge >= 0.3 is 5.97 Å². The fraction of sp³-hybridized carbons (Fsp3) is 0.304. The number of piperidine rings is 1. The fourth-order valence-electron chi connectivity index (χ4n) is 4.16. The van der Waals surface area contributed by atoms with Gasteiger partial charge in [-0.2, -0.15) is 5.26 Å². The third-order valence-electron chi connectivity index (χ3n) is 5.93. The minimum atomic E-state index is -1.24. The van der Waals surface area contributed by atoms with Crippen molar-refractivity contribution in [3.05, 3.63) is 75.8 Å². The quantitative estimate of drug-likeness (QED) is 0.678. The number of carboxylic acid groups (broad SMARTS) is 1. The molecule has 8 heteroatoms. The molecule has 0 aliphatic carbocycles. The zero-order chi connectivity index (χ0) is 22.0. The van der Waals surface area contributed by atoms with Crippen LogP contribution in [0.2, 0.25) is 0 Å². The summed E-state index contributed by atoms with van der Waals surface area (Å²) in [4.78, 5) is 30.7. The van der Waals surface area contributed by atoms with E-state index >= 15 is 0 Å². The zero-order valence-corrected chi connectivity index (χ0v) is 17.1.